The summed E-state index contributed by atoms with van der Waals surface area (Å²) in [5, 5.41) is 15.1. The molecule has 0 aliphatic carbocycles. The van der Waals surface area contributed by atoms with Gasteiger partial charge in [0.05, 0.1) is 12.7 Å². The fourth-order valence-corrected chi connectivity index (χ4v) is 5.35. The van der Waals surface area contributed by atoms with Gasteiger partial charge >= 0.3 is 6.03 Å². The molecule has 3 amide bonds. The first-order chi connectivity index (χ1) is 15.1. The van der Waals surface area contributed by atoms with Gasteiger partial charge in [0.25, 0.3) is 0 Å². The molecule has 1 fully saturated rings. The Labute approximate surface area is 193 Å². The van der Waals surface area contributed by atoms with Crippen LogP contribution < -0.4 is 10.1 Å². The number of methoxy groups -OCH3 is 1. The zero-order chi connectivity index (χ0) is 24.1. The van der Waals surface area contributed by atoms with Crippen LogP contribution in [-0.2, 0) is 10.2 Å². The second-order valence-corrected chi connectivity index (χ2v) is 8.99. The summed E-state index contributed by atoms with van der Waals surface area (Å²) in [5.41, 5.74) is -0.0637. The smallest absolute Gasteiger partial charge is 0.324 e. The van der Waals surface area contributed by atoms with Gasteiger partial charge < -0.3 is 20.1 Å². The number of nitrogens with zero attached hydrogens (tertiary/aromatic N) is 2. The van der Waals surface area contributed by atoms with Crippen molar-refractivity contribution in [3.05, 3.63) is 29.3 Å². The summed E-state index contributed by atoms with van der Waals surface area (Å²) in [5.74, 6) is 0.422. The van der Waals surface area contributed by atoms with E-state index in [0.29, 0.717) is 25.1 Å². The Morgan fingerprint density at radius 2 is 2.00 bits per heavy atom. The number of imide groups is 1. The number of ether oxygens (including phenoxy) is 1. The third-order valence-corrected chi connectivity index (χ3v) is 7.31. The molecular weight excluding hydrogens is 406 g/mol. The number of benzene rings is 1. The lowest BCUT2D eigenvalue weighted by molar-refractivity contribution is -0.151. The molecule has 0 aromatic heterocycles. The third-order valence-electron chi connectivity index (χ3n) is 7.31. The van der Waals surface area contributed by atoms with Crippen LogP contribution in [0.4, 0.5) is 4.79 Å². The van der Waals surface area contributed by atoms with E-state index >= 15 is 0 Å². The Bertz CT molecular complexity index is 814. The Balaban J connectivity index is 2.70. The average molecular weight is 448 g/mol. The molecule has 1 aromatic carbocycles. The molecule has 2 N–H and O–H groups in total. The summed E-state index contributed by atoms with van der Waals surface area (Å²) < 4.78 is 5.51. The number of amides is 3. The van der Waals surface area contributed by atoms with E-state index in [4.69, 9.17) is 4.74 Å². The Kier molecular flexibility index (Phi) is 8.71. The normalized spacial score (nSPS) is 25.9. The van der Waals surface area contributed by atoms with Gasteiger partial charge in [0.1, 0.15) is 5.75 Å². The molecule has 1 saturated heterocycles. The molecule has 1 heterocycles. The molecule has 1 aliphatic heterocycles. The monoisotopic (exact) mass is 447 g/mol. The van der Waals surface area contributed by atoms with Crippen molar-refractivity contribution in [2.45, 2.75) is 77.4 Å². The van der Waals surface area contributed by atoms with E-state index < -0.39 is 17.0 Å². The largest absolute Gasteiger partial charge is 0.497 e. The highest BCUT2D eigenvalue weighted by atomic mass is 16.5. The molecule has 0 spiro atoms. The molecule has 3 atom stereocenters. The van der Waals surface area contributed by atoms with E-state index in [0.717, 1.165) is 24.1 Å². The second kappa shape index (κ2) is 10.7. The predicted molar refractivity (Wildman–Crippen MR) is 127 cm³/mol. The third kappa shape index (κ3) is 4.64. The maximum atomic E-state index is 13.6. The van der Waals surface area contributed by atoms with Crippen LogP contribution in [0.25, 0.3) is 0 Å². The average Bonchev–Trinajstić information content (AvgIpc) is 2.76. The number of likely N-dealkylation sites (N-methyl/N-ethyl adjacent to an activating group) is 1. The van der Waals surface area contributed by atoms with Crippen molar-refractivity contribution < 1.29 is 19.4 Å². The number of aliphatic hydroxyl groups is 1. The van der Waals surface area contributed by atoms with Gasteiger partial charge in [0, 0.05) is 31.0 Å². The van der Waals surface area contributed by atoms with Crippen molar-refractivity contribution in [1.82, 2.24) is 15.1 Å². The Morgan fingerprint density at radius 3 is 2.56 bits per heavy atom. The van der Waals surface area contributed by atoms with Crippen molar-refractivity contribution in [2.75, 3.05) is 33.8 Å². The van der Waals surface area contributed by atoms with Crippen molar-refractivity contribution >= 4 is 11.9 Å². The summed E-state index contributed by atoms with van der Waals surface area (Å²) in [4.78, 5) is 29.6. The molecule has 7 heteroatoms. The number of nitrogens with one attached hydrogen (secondary N) is 1. The van der Waals surface area contributed by atoms with Crippen molar-refractivity contribution in [3.63, 3.8) is 0 Å². The summed E-state index contributed by atoms with van der Waals surface area (Å²) >= 11 is 0. The fraction of sp³-hybridized carbons (Fsp3) is 0.680. The minimum Gasteiger partial charge on any atom is -0.497 e. The number of carbonyl (C=O) groups is 2. The van der Waals surface area contributed by atoms with Crippen LogP contribution in [0.1, 0.15) is 64.5 Å². The van der Waals surface area contributed by atoms with Crippen molar-refractivity contribution in [1.29, 1.82) is 0 Å². The number of piperidine rings is 1. The molecule has 2 rings (SSSR count). The topological polar surface area (TPSA) is 82.1 Å². The molecule has 0 saturated carbocycles. The SMILES string of the molecule is CCCC1(O)C(C)N(C)CCC1(CC(=O)N(CC)C(=O)NCC)c1cc(OC)ccc1C. The van der Waals surface area contributed by atoms with E-state index in [1.807, 2.05) is 46.0 Å². The van der Waals surface area contributed by atoms with Gasteiger partial charge in [-0.15, -0.1) is 0 Å². The van der Waals surface area contributed by atoms with E-state index in [1.165, 1.54) is 4.90 Å². The molecular formula is C25H41N3O4. The number of carbonyl (C=O) groups excluding carboxylic acids is 2. The molecule has 180 valence electrons. The highest BCUT2D eigenvalue weighted by Gasteiger charge is 2.58. The van der Waals surface area contributed by atoms with Gasteiger partial charge in [0.2, 0.25) is 5.91 Å². The molecule has 1 aliphatic rings. The summed E-state index contributed by atoms with van der Waals surface area (Å²) in [6.45, 7) is 11.2. The lowest BCUT2D eigenvalue weighted by Crippen LogP contribution is -2.68. The van der Waals surface area contributed by atoms with Crippen LogP contribution >= 0.6 is 0 Å². The Morgan fingerprint density at radius 1 is 1.31 bits per heavy atom. The van der Waals surface area contributed by atoms with Crippen LogP contribution in [0.15, 0.2) is 18.2 Å². The van der Waals surface area contributed by atoms with E-state index in [1.54, 1.807) is 14.0 Å². The number of hydrogen-bond acceptors (Lipinski definition) is 5. The van der Waals surface area contributed by atoms with Crippen LogP contribution in [0.2, 0.25) is 0 Å². The van der Waals surface area contributed by atoms with Crippen LogP contribution in [0.5, 0.6) is 5.75 Å². The van der Waals surface area contributed by atoms with Crippen LogP contribution in [-0.4, -0.2) is 72.3 Å². The number of likely N-dealkylation sites (tertiary alicyclic amines) is 1. The second-order valence-electron chi connectivity index (χ2n) is 8.99. The molecule has 32 heavy (non-hydrogen) atoms. The van der Waals surface area contributed by atoms with Gasteiger partial charge in [-0.05, 0) is 77.4 Å². The van der Waals surface area contributed by atoms with E-state index in [2.05, 4.69) is 17.1 Å². The van der Waals surface area contributed by atoms with Gasteiger partial charge in [-0.25, -0.2) is 4.79 Å². The lowest BCUT2D eigenvalue weighted by Gasteiger charge is -2.57. The fourth-order valence-electron chi connectivity index (χ4n) is 5.35. The molecule has 3 unspecified atom stereocenters. The van der Waals surface area contributed by atoms with Crippen molar-refractivity contribution in [2.24, 2.45) is 0 Å². The maximum Gasteiger partial charge on any atom is 0.324 e. The first kappa shape index (κ1) is 26.1. The molecule has 1 aromatic rings. The zero-order valence-corrected chi connectivity index (χ0v) is 20.8. The number of hydrogen-bond donors (Lipinski definition) is 2. The Hall–Kier alpha value is -2.12. The summed E-state index contributed by atoms with van der Waals surface area (Å²) in [6.07, 6.45) is 1.99. The first-order valence-electron chi connectivity index (χ1n) is 11.8. The molecule has 0 radical (unpaired) electrons. The highest BCUT2D eigenvalue weighted by Crippen LogP contribution is 2.51. The number of aryl methyl sites for hydroxylation is 1. The molecule has 0 bridgehead atoms. The predicted octanol–water partition coefficient (Wildman–Crippen LogP) is 3.46. The summed E-state index contributed by atoms with van der Waals surface area (Å²) in [7, 11) is 3.64. The number of urea groups is 1. The summed E-state index contributed by atoms with van der Waals surface area (Å²) in [6, 6.07) is 5.30. The quantitative estimate of drug-likeness (QED) is 0.638. The van der Waals surface area contributed by atoms with Gasteiger partial charge in [-0.3, -0.25) is 9.69 Å². The number of rotatable bonds is 8. The standard InChI is InChI=1S/C25H41N3O4/c1-8-13-25(31)19(5)27(6)15-14-24(25,21-16-20(32-7)12-11-18(21)4)17-22(29)28(10-3)23(30)26-9-2/h11-12,16,19,31H,8-10,13-15,17H2,1-7H3,(H,26,30). The lowest BCUT2D eigenvalue weighted by atomic mass is 9.56. The first-order valence-corrected chi connectivity index (χ1v) is 11.8. The minimum absolute atomic E-state index is 0.0562. The van der Waals surface area contributed by atoms with Gasteiger partial charge in [0.15, 0.2) is 0 Å². The van der Waals surface area contributed by atoms with Crippen LogP contribution in [0.3, 0.4) is 0 Å². The van der Waals surface area contributed by atoms with Gasteiger partial charge in [-0.2, -0.15) is 0 Å². The van der Waals surface area contributed by atoms with Gasteiger partial charge in [-0.1, -0.05) is 19.4 Å². The maximum absolute atomic E-state index is 13.6. The molecule has 7 nitrogen and oxygen atoms in total. The van der Waals surface area contributed by atoms with Crippen molar-refractivity contribution in [3.8, 4) is 5.75 Å². The zero-order valence-electron chi connectivity index (χ0n) is 20.8. The van der Waals surface area contributed by atoms with Crippen LogP contribution in [0, 0.1) is 6.92 Å². The highest BCUT2D eigenvalue weighted by molar-refractivity contribution is 5.95. The van der Waals surface area contributed by atoms with E-state index in [9.17, 15) is 14.7 Å². The van der Waals surface area contributed by atoms with E-state index in [-0.39, 0.29) is 24.9 Å². The minimum atomic E-state index is -1.15.